The Kier molecular flexibility index (Phi) is 4.61. The molecule has 1 aromatic rings. The van der Waals surface area contributed by atoms with Crippen LogP contribution in [0.4, 0.5) is 0 Å². The van der Waals surface area contributed by atoms with Crippen LogP contribution in [0.3, 0.4) is 0 Å². The standard InChI is InChI=1S/C15H20N2O3/c1-3-8-16-15(18)10(2)20-12-5-6-13-11(9-12)4-7-14(13)17-19/h5-6,9-10,19H,3-4,7-8H2,1-2H3,(H,16,18)/b17-14+. The van der Waals surface area contributed by atoms with E-state index in [1.807, 2.05) is 19.1 Å². The molecule has 0 aliphatic heterocycles. The van der Waals surface area contributed by atoms with Crippen LogP contribution in [0.5, 0.6) is 5.75 Å². The quantitative estimate of drug-likeness (QED) is 0.639. The minimum absolute atomic E-state index is 0.107. The van der Waals surface area contributed by atoms with Crippen molar-refractivity contribution in [2.45, 2.75) is 39.2 Å². The number of ether oxygens (including phenoxy) is 1. The van der Waals surface area contributed by atoms with Crippen molar-refractivity contribution >= 4 is 11.6 Å². The lowest BCUT2D eigenvalue weighted by atomic mass is 10.1. The molecule has 5 nitrogen and oxygen atoms in total. The summed E-state index contributed by atoms with van der Waals surface area (Å²) in [6.07, 6.45) is 1.96. The molecule has 1 amide bonds. The van der Waals surface area contributed by atoms with Gasteiger partial charge in [0.25, 0.3) is 5.91 Å². The molecule has 0 saturated carbocycles. The molecule has 0 aromatic heterocycles. The van der Waals surface area contributed by atoms with Gasteiger partial charge in [-0.3, -0.25) is 4.79 Å². The second-order valence-electron chi connectivity index (χ2n) is 4.92. The third-order valence-corrected chi connectivity index (χ3v) is 3.37. The molecule has 108 valence electrons. The molecule has 1 atom stereocenters. The van der Waals surface area contributed by atoms with Crippen LogP contribution in [0.15, 0.2) is 23.4 Å². The maximum atomic E-state index is 11.8. The van der Waals surface area contributed by atoms with Gasteiger partial charge in [0.1, 0.15) is 5.75 Å². The van der Waals surface area contributed by atoms with Gasteiger partial charge in [-0.1, -0.05) is 12.1 Å². The number of carbonyl (C=O) groups is 1. The average molecular weight is 276 g/mol. The van der Waals surface area contributed by atoms with Crippen LogP contribution < -0.4 is 10.1 Å². The molecule has 0 fully saturated rings. The van der Waals surface area contributed by atoms with E-state index in [2.05, 4.69) is 10.5 Å². The van der Waals surface area contributed by atoms with E-state index in [9.17, 15) is 4.79 Å². The van der Waals surface area contributed by atoms with Gasteiger partial charge in [0.2, 0.25) is 0 Å². The number of nitrogens with zero attached hydrogens (tertiary/aromatic N) is 1. The number of amides is 1. The van der Waals surface area contributed by atoms with Gasteiger partial charge in [0.15, 0.2) is 6.10 Å². The van der Waals surface area contributed by atoms with Gasteiger partial charge in [0, 0.05) is 12.1 Å². The zero-order valence-corrected chi connectivity index (χ0v) is 11.8. The van der Waals surface area contributed by atoms with E-state index in [1.165, 1.54) is 0 Å². The van der Waals surface area contributed by atoms with Crippen molar-refractivity contribution in [3.05, 3.63) is 29.3 Å². The van der Waals surface area contributed by atoms with Crippen molar-refractivity contribution in [3.63, 3.8) is 0 Å². The van der Waals surface area contributed by atoms with E-state index in [0.717, 1.165) is 30.4 Å². The van der Waals surface area contributed by atoms with Gasteiger partial charge in [-0.15, -0.1) is 0 Å². The minimum Gasteiger partial charge on any atom is -0.481 e. The van der Waals surface area contributed by atoms with Crippen LogP contribution in [0.25, 0.3) is 0 Å². The number of nitrogens with one attached hydrogen (secondary N) is 1. The van der Waals surface area contributed by atoms with Crippen LogP contribution in [-0.2, 0) is 11.2 Å². The molecule has 0 spiro atoms. The van der Waals surface area contributed by atoms with Gasteiger partial charge in [0.05, 0.1) is 5.71 Å². The molecule has 0 saturated heterocycles. The van der Waals surface area contributed by atoms with Crippen LogP contribution in [0.2, 0.25) is 0 Å². The summed E-state index contributed by atoms with van der Waals surface area (Å²) in [7, 11) is 0. The van der Waals surface area contributed by atoms with Gasteiger partial charge < -0.3 is 15.3 Å². The largest absolute Gasteiger partial charge is 0.481 e. The Morgan fingerprint density at radius 2 is 2.30 bits per heavy atom. The molecule has 1 aliphatic rings. The van der Waals surface area contributed by atoms with Gasteiger partial charge >= 0.3 is 0 Å². The molecule has 1 unspecified atom stereocenters. The maximum absolute atomic E-state index is 11.8. The predicted octanol–water partition coefficient (Wildman–Crippen LogP) is 2.10. The lowest BCUT2D eigenvalue weighted by Gasteiger charge is -2.15. The molecule has 20 heavy (non-hydrogen) atoms. The SMILES string of the molecule is CCCNC(=O)C(C)Oc1ccc2c(c1)CC/C2=N\O. The van der Waals surface area contributed by atoms with Crippen molar-refractivity contribution in [3.8, 4) is 5.75 Å². The van der Waals surface area contributed by atoms with Crippen LogP contribution >= 0.6 is 0 Å². The lowest BCUT2D eigenvalue weighted by Crippen LogP contribution is -2.36. The molecule has 0 radical (unpaired) electrons. The summed E-state index contributed by atoms with van der Waals surface area (Å²) in [5, 5.41) is 15.0. The highest BCUT2D eigenvalue weighted by molar-refractivity contribution is 6.04. The molecule has 1 aliphatic carbocycles. The Labute approximate surface area is 118 Å². The van der Waals surface area contributed by atoms with E-state index < -0.39 is 6.10 Å². The number of hydrogen-bond acceptors (Lipinski definition) is 4. The molecule has 5 heteroatoms. The average Bonchev–Trinajstić information content (AvgIpc) is 2.86. The Bertz CT molecular complexity index is 526. The fraction of sp³-hybridized carbons (Fsp3) is 0.467. The first kappa shape index (κ1) is 14.4. The molecule has 2 N–H and O–H groups in total. The van der Waals surface area contributed by atoms with Gasteiger partial charge in [-0.2, -0.15) is 0 Å². The van der Waals surface area contributed by atoms with E-state index in [-0.39, 0.29) is 5.91 Å². The molecule has 1 aromatic carbocycles. The molecular weight excluding hydrogens is 256 g/mol. The number of hydrogen-bond donors (Lipinski definition) is 2. The zero-order chi connectivity index (χ0) is 14.5. The highest BCUT2D eigenvalue weighted by Crippen LogP contribution is 2.27. The van der Waals surface area contributed by atoms with Crippen molar-refractivity contribution < 1.29 is 14.7 Å². The first-order chi connectivity index (χ1) is 9.65. The number of fused-ring (bicyclic) bond motifs is 1. The first-order valence-corrected chi connectivity index (χ1v) is 6.94. The fourth-order valence-electron chi connectivity index (χ4n) is 2.27. The highest BCUT2D eigenvalue weighted by Gasteiger charge is 2.20. The molecular formula is C15H20N2O3. The number of rotatable bonds is 5. The van der Waals surface area contributed by atoms with Crippen LogP contribution in [0.1, 0.15) is 37.8 Å². The molecule has 0 bridgehead atoms. The summed E-state index contributed by atoms with van der Waals surface area (Å²) in [6.45, 7) is 4.40. The van der Waals surface area contributed by atoms with Gasteiger partial charge in [-0.05, 0) is 49.9 Å². The number of carbonyl (C=O) groups excluding carboxylic acids is 1. The summed E-state index contributed by atoms with van der Waals surface area (Å²) in [6, 6.07) is 5.60. The van der Waals surface area contributed by atoms with E-state index in [0.29, 0.717) is 18.0 Å². The van der Waals surface area contributed by atoms with Crippen molar-refractivity contribution in [2.24, 2.45) is 5.16 Å². The van der Waals surface area contributed by atoms with Crippen LogP contribution in [-0.4, -0.2) is 29.5 Å². The summed E-state index contributed by atoms with van der Waals surface area (Å²) in [5.74, 6) is 0.562. The van der Waals surface area contributed by atoms with Gasteiger partial charge in [-0.25, -0.2) is 0 Å². The second kappa shape index (κ2) is 6.41. The fourth-order valence-corrected chi connectivity index (χ4v) is 2.27. The summed E-state index contributed by atoms with van der Waals surface area (Å²) < 4.78 is 5.65. The third-order valence-electron chi connectivity index (χ3n) is 3.37. The Morgan fingerprint density at radius 1 is 1.50 bits per heavy atom. The zero-order valence-electron chi connectivity index (χ0n) is 11.8. The smallest absolute Gasteiger partial charge is 0.260 e. The second-order valence-corrected chi connectivity index (χ2v) is 4.92. The molecule has 2 rings (SSSR count). The number of benzene rings is 1. The topological polar surface area (TPSA) is 70.9 Å². The Hall–Kier alpha value is -2.04. The monoisotopic (exact) mass is 276 g/mol. The van der Waals surface area contributed by atoms with E-state index >= 15 is 0 Å². The number of oxime groups is 1. The maximum Gasteiger partial charge on any atom is 0.260 e. The molecule has 0 heterocycles. The Balaban J connectivity index is 2.03. The predicted molar refractivity (Wildman–Crippen MR) is 76.5 cm³/mol. The van der Waals surface area contributed by atoms with Crippen LogP contribution in [0, 0.1) is 0 Å². The third kappa shape index (κ3) is 3.10. The van der Waals surface area contributed by atoms with E-state index in [1.54, 1.807) is 13.0 Å². The minimum atomic E-state index is -0.521. The lowest BCUT2D eigenvalue weighted by molar-refractivity contribution is -0.127. The summed E-state index contributed by atoms with van der Waals surface area (Å²) in [4.78, 5) is 11.8. The Morgan fingerprint density at radius 3 is 3.00 bits per heavy atom. The van der Waals surface area contributed by atoms with Crippen molar-refractivity contribution in [2.75, 3.05) is 6.54 Å². The summed E-state index contributed by atoms with van der Waals surface area (Å²) in [5.41, 5.74) is 2.76. The summed E-state index contributed by atoms with van der Waals surface area (Å²) >= 11 is 0. The first-order valence-electron chi connectivity index (χ1n) is 6.94. The highest BCUT2D eigenvalue weighted by atomic mass is 16.5. The number of aryl methyl sites for hydroxylation is 1. The van der Waals surface area contributed by atoms with Crippen molar-refractivity contribution in [1.29, 1.82) is 0 Å². The van der Waals surface area contributed by atoms with E-state index in [4.69, 9.17) is 9.94 Å². The van der Waals surface area contributed by atoms with Crippen molar-refractivity contribution in [1.82, 2.24) is 5.32 Å². The normalized spacial score (nSPS) is 16.8.